The van der Waals surface area contributed by atoms with E-state index in [1.165, 1.54) is 19.2 Å². The Labute approximate surface area is 96.1 Å². The van der Waals surface area contributed by atoms with Crippen LogP contribution in [0.1, 0.15) is 12.0 Å². The summed E-state index contributed by atoms with van der Waals surface area (Å²) in [5.74, 6) is -0.402. The molecular weight excluding hydrogens is 237 g/mol. The quantitative estimate of drug-likeness (QED) is 0.751. The maximum Gasteiger partial charge on any atom is 0.573 e. The molecule has 0 fully saturated rings. The lowest BCUT2D eigenvalue weighted by Crippen LogP contribution is -2.17. The molecule has 6 heteroatoms. The van der Waals surface area contributed by atoms with Gasteiger partial charge in [0, 0.05) is 6.42 Å². The van der Waals surface area contributed by atoms with Gasteiger partial charge >= 0.3 is 6.36 Å². The maximum absolute atomic E-state index is 12.1. The van der Waals surface area contributed by atoms with Crippen LogP contribution in [0.3, 0.4) is 0 Å². The predicted molar refractivity (Wildman–Crippen MR) is 54.1 cm³/mol. The molecule has 0 aliphatic heterocycles. The highest BCUT2D eigenvalue weighted by Crippen LogP contribution is 2.33. The van der Waals surface area contributed by atoms with Crippen LogP contribution >= 0.6 is 0 Å². The number of alkyl halides is 3. The molecule has 0 spiro atoms. The van der Waals surface area contributed by atoms with Crippen molar-refractivity contribution in [1.29, 1.82) is 0 Å². The molecule has 0 heterocycles. The largest absolute Gasteiger partial charge is 0.573 e. The molecule has 94 valence electrons. The van der Waals surface area contributed by atoms with Gasteiger partial charge in [0.25, 0.3) is 0 Å². The molecule has 1 aromatic rings. The summed E-state index contributed by atoms with van der Waals surface area (Å²) < 4.78 is 44.9. The Bertz CT molecular complexity index is 388. The highest BCUT2D eigenvalue weighted by Gasteiger charge is 2.32. The molecule has 0 saturated carbocycles. The first-order valence-corrected chi connectivity index (χ1v) is 4.82. The molecule has 0 bridgehead atoms. The van der Waals surface area contributed by atoms with Gasteiger partial charge in [0.05, 0.1) is 7.11 Å². The Morgan fingerprint density at radius 1 is 1.29 bits per heavy atom. The molecule has 0 aliphatic carbocycles. The van der Waals surface area contributed by atoms with Gasteiger partial charge in [-0.05, 0) is 24.1 Å². The number of aryl methyl sites for hydroxylation is 1. The number of ether oxygens (including phenoxy) is 2. The number of hydrogen-bond acceptors (Lipinski definition) is 3. The smallest absolute Gasteiger partial charge is 0.493 e. The lowest BCUT2D eigenvalue weighted by molar-refractivity contribution is -0.275. The zero-order chi connectivity index (χ0) is 12.9. The SMILES string of the molecule is COc1ccc(CCC=O)cc1OC(F)(F)F. The summed E-state index contributed by atoms with van der Waals surface area (Å²) in [4.78, 5) is 10.2. The molecule has 0 aliphatic rings. The third kappa shape index (κ3) is 4.34. The summed E-state index contributed by atoms with van der Waals surface area (Å²) in [6.45, 7) is 0. The van der Waals surface area contributed by atoms with Gasteiger partial charge in [0.15, 0.2) is 11.5 Å². The number of hydrogen-bond donors (Lipinski definition) is 0. The van der Waals surface area contributed by atoms with E-state index < -0.39 is 12.1 Å². The second-order valence-electron chi connectivity index (χ2n) is 3.24. The molecule has 17 heavy (non-hydrogen) atoms. The average molecular weight is 248 g/mol. The lowest BCUT2D eigenvalue weighted by atomic mass is 10.1. The number of benzene rings is 1. The van der Waals surface area contributed by atoms with Crippen LogP contribution in [-0.4, -0.2) is 19.8 Å². The van der Waals surface area contributed by atoms with Gasteiger partial charge in [-0.25, -0.2) is 0 Å². The van der Waals surface area contributed by atoms with Crippen molar-refractivity contribution >= 4 is 6.29 Å². The van der Waals surface area contributed by atoms with Crippen LogP contribution in [0.25, 0.3) is 0 Å². The van der Waals surface area contributed by atoms with E-state index >= 15 is 0 Å². The predicted octanol–water partition coefficient (Wildman–Crippen LogP) is 2.73. The lowest BCUT2D eigenvalue weighted by Gasteiger charge is -2.13. The Hall–Kier alpha value is -1.72. The number of aldehydes is 1. The van der Waals surface area contributed by atoms with Gasteiger partial charge in [-0.1, -0.05) is 6.07 Å². The van der Waals surface area contributed by atoms with Crippen LogP contribution in [-0.2, 0) is 11.2 Å². The van der Waals surface area contributed by atoms with Crippen molar-refractivity contribution in [3.63, 3.8) is 0 Å². The van der Waals surface area contributed by atoms with Crippen molar-refractivity contribution in [1.82, 2.24) is 0 Å². The second-order valence-corrected chi connectivity index (χ2v) is 3.24. The number of methoxy groups -OCH3 is 1. The van der Waals surface area contributed by atoms with Crippen LogP contribution in [0.15, 0.2) is 18.2 Å². The van der Waals surface area contributed by atoms with Gasteiger partial charge in [-0.3, -0.25) is 0 Å². The van der Waals surface area contributed by atoms with Crippen LogP contribution in [0.2, 0.25) is 0 Å². The van der Waals surface area contributed by atoms with E-state index in [0.717, 1.165) is 0 Å². The van der Waals surface area contributed by atoms with Crippen LogP contribution in [0, 0.1) is 0 Å². The first-order chi connectivity index (χ1) is 7.96. The first-order valence-electron chi connectivity index (χ1n) is 4.82. The number of carbonyl (C=O) groups is 1. The van der Waals surface area contributed by atoms with Gasteiger partial charge in [0.2, 0.25) is 0 Å². The van der Waals surface area contributed by atoms with E-state index in [1.807, 2.05) is 0 Å². The molecule has 0 saturated heterocycles. The Morgan fingerprint density at radius 3 is 2.53 bits per heavy atom. The standard InChI is InChI=1S/C11H11F3O3/c1-16-9-5-4-8(3-2-6-15)7-10(9)17-11(12,13)14/h4-7H,2-3H2,1H3. The summed E-state index contributed by atoms with van der Waals surface area (Å²) in [6.07, 6.45) is -3.45. The fourth-order valence-corrected chi connectivity index (χ4v) is 1.31. The molecule has 0 radical (unpaired) electrons. The highest BCUT2D eigenvalue weighted by atomic mass is 19.4. The van der Waals surface area contributed by atoms with Crippen molar-refractivity contribution in [2.45, 2.75) is 19.2 Å². The van der Waals surface area contributed by atoms with E-state index in [2.05, 4.69) is 4.74 Å². The highest BCUT2D eigenvalue weighted by molar-refractivity contribution is 5.51. The van der Waals surface area contributed by atoms with E-state index in [4.69, 9.17) is 4.74 Å². The van der Waals surface area contributed by atoms with E-state index in [1.54, 1.807) is 6.07 Å². The normalized spacial score (nSPS) is 11.1. The van der Waals surface area contributed by atoms with Gasteiger partial charge in [0.1, 0.15) is 6.29 Å². The van der Waals surface area contributed by atoms with Crippen LogP contribution in [0.5, 0.6) is 11.5 Å². The Balaban J connectivity index is 2.93. The van der Waals surface area contributed by atoms with Crippen molar-refractivity contribution < 1.29 is 27.4 Å². The van der Waals surface area contributed by atoms with Crippen molar-refractivity contribution in [2.75, 3.05) is 7.11 Å². The summed E-state index contributed by atoms with van der Waals surface area (Å²) in [5.41, 5.74) is 0.581. The average Bonchev–Trinajstić information content (AvgIpc) is 2.24. The van der Waals surface area contributed by atoms with Gasteiger partial charge in [-0.15, -0.1) is 13.2 Å². The first kappa shape index (κ1) is 13.3. The summed E-state index contributed by atoms with van der Waals surface area (Å²) >= 11 is 0. The minimum atomic E-state index is -4.77. The minimum Gasteiger partial charge on any atom is -0.493 e. The maximum atomic E-state index is 12.1. The molecule has 3 nitrogen and oxygen atoms in total. The summed E-state index contributed by atoms with van der Waals surface area (Å²) in [6, 6.07) is 4.18. The van der Waals surface area contributed by atoms with E-state index in [-0.39, 0.29) is 12.2 Å². The minimum absolute atomic E-state index is 0.00261. The molecule has 0 atom stereocenters. The van der Waals surface area contributed by atoms with Crippen molar-refractivity contribution in [2.24, 2.45) is 0 Å². The van der Waals surface area contributed by atoms with Crippen LogP contribution in [0.4, 0.5) is 13.2 Å². The van der Waals surface area contributed by atoms with Gasteiger partial charge in [-0.2, -0.15) is 0 Å². The number of carbonyl (C=O) groups excluding carboxylic acids is 1. The fourth-order valence-electron chi connectivity index (χ4n) is 1.31. The third-order valence-electron chi connectivity index (χ3n) is 2.00. The Morgan fingerprint density at radius 2 is 2.00 bits per heavy atom. The Kier molecular flexibility index (Phi) is 4.37. The molecular formula is C11H11F3O3. The van der Waals surface area contributed by atoms with Crippen molar-refractivity contribution in [3.8, 4) is 11.5 Å². The monoisotopic (exact) mass is 248 g/mol. The summed E-state index contributed by atoms with van der Waals surface area (Å²) in [5, 5.41) is 0. The number of rotatable bonds is 5. The molecule has 1 rings (SSSR count). The van der Waals surface area contributed by atoms with Crippen LogP contribution < -0.4 is 9.47 Å². The number of halogens is 3. The molecule has 0 unspecified atom stereocenters. The zero-order valence-electron chi connectivity index (χ0n) is 9.08. The molecule has 1 aromatic carbocycles. The van der Waals surface area contributed by atoms with Crippen molar-refractivity contribution in [3.05, 3.63) is 23.8 Å². The summed E-state index contributed by atoms with van der Waals surface area (Å²) in [7, 11) is 1.25. The van der Waals surface area contributed by atoms with Gasteiger partial charge < -0.3 is 14.3 Å². The molecule has 0 amide bonds. The van der Waals surface area contributed by atoms with E-state index in [0.29, 0.717) is 18.3 Å². The molecule has 0 aromatic heterocycles. The second kappa shape index (κ2) is 5.56. The topological polar surface area (TPSA) is 35.5 Å². The fraction of sp³-hybridized carbons (Fsp3) is 0.364. The third-order valence-corrected chi connectivity index (χ3v) is 2.00. The van der Waals surface area contributed by atoms with E-state index in [9.17, 15) is 18.0 Å². The zero-order valence-corrected chi connectivity index (χ0v) is 9.08. The molecule has 0 N–H and O–H groups in total.